The lowest BCUT2D eigenvalue weighted by Crippen LogP contribution is -2.20. The van der Waals surface area contributed by atoms with E-state index in [4.69, 9.17) is 16.3 Å². The minimum Gasteiger partial charge on any atom is -0.464 e. The van der Waals surface area contributed by atoms with E-state index in [1.807, 2.05) is 12.1 Å². The number of hydrogen-bond donors (Lipinski definition) is 1. The molecule has 0 saturated heterocycles. The predicted octanol–water partition coefficient (Wildman–Crippen LogP) is 4.51. The van der Waals surface area contributed by atoms with Crippen molar-refractivity contribution in [2.24, 2.45) is 5.92 Å². The molecule has 1 atom stereocenters. The molecule has 0 spiro atoms. The van der Waals surface area contributed by atoms with E-state index in [0.717, 1.165) is 18.5 Å². The number of esters is 1. The summed E-state index contributed by atoms with van der Waals surface area (Å²) in [7, 11) is 0. The first-order chi connectivity index (χ1) is 9.65. The van der Waals surface area contributed by atoms with Gasteiger partial charge in [-0.1, -0.05) is 44.7 Å². The second-order valence-corrected chi connectivity index (χ2v) is 5.40. The summed E-state index contributed by atoms with van der Waals surface area (Å²) >= 11 is 5.80. The van der Waals surface area contributed by atoms with Crippen molar-refractivity contribution in [1.29, 1.82) is 0 Å². The van der Waals surface area contributed by atoms with Gasteiger partial charge in [0.25, 0.3) is 0 Å². The molecule has 0 saturated carbocycles. The van der Waals surface area contributed by atoms with Crippen LogP contribution in [0.15, 0.2) is 24.3 Å². The van der Waals surface area contributed by atoms with Crippen molar-refractivity contribution in [2.75, 3.05) is 18.5 Å². The number of ether oxygens (including phenoxy) is 1. The fraction of sp³-hybridized carbons (Fsp3) is 0.562. The maximum absolute atomic E-state index is 11.7. The Kier molecular flexibility index (Phi) is 8.12. The van der Waals surface area contributed by atoms with Gasteiger partial charge in [-0.2, -0.15) is 0 Å². The minimum atomic E-state index is -0.213. The van der Waals surface area contributed by atoms with Gasteiger partial charge >= 0.3 is 5.97 Å². The smallest absolute Gasteiger partial charge is 0.325 e. The lowest BCUT2D eigenvalue weighted by atomic mass is 10.0. The van der Waals surface area contributed by atoms with Gasteiger partial charge in [0.1, 0.15) is 6.54 Å². The molecule has 0 radical (unpaired) electrons. The molecule has 0 bridgehead atoms. The largest absolute Gasteiger partial charge is 0.464 e. The number of halogens is 1. The van der Waals surface area contributed by atoms with Gasteiger partial charge in [-0.05, 0) is 36.6 Å². The molecule has 0 heterocycles. The Hall–Kier alpha value is -1.22. The van der Waals surface area contributed by atoms with Crippen molar-refractivity contribution in [3.05, 3.63) is 29.3 Å². The van der Waals surface area contributed by atoms with Crippen molar-refractivity contribution >= 4 is 23.3 Å². The molecule has 0 fully saturated rings. The summed E-state index contributed by atoms with van der Waals surface area (Å²) in [6, 6.07) is 7.25. The van der Waals surface area contributed by atoms with E-state index in [9.17, 15) is 4.79 Å². The maximum atomic E-state index is 11.7. The molecule has 20 heavy (non-hydrogen) atoms. The zero-order valence-corrected chi connectivity index (χ0v) is 13.1. The van der Waals surface area contributed by atoms with Crippen LogP contribution in [0.1, 0.15) is 39.5 Å². The van der Waals surface area contributed by atoms with Gasteiger partial charge in [-0.25, -0.2) is 0 Å². The molecule has 3 nitrogen and oxygen atoms in total. The lowest BCUT2D eigenvalue weighted by molar-refractivity contribution is -0.143. The number of nitrogens with one attached hydrogen (secondary N) is 1. The molecule has 1 unspecified atom stereocenters. The third-order valence-corrected chi connectivity index (χ3v) is 3.56. The van der Waals surface area contributed by atoms with Crippen LogP contribution in [0.2, 0.25) is 5.02 Å². The Morgan fingerprint density at radius 3 is 2.60 bits per heavy atom. The van der Waals surface area contributed by atoms with Crippen LogP contribution in [-0.2, 0) is 9.53 Å². The number of hydrogen-bond acceptors (Lipinski definition) is 3. The first kappa shape index (κ1) is 16.8. The van der Waals surface area contributed by atoms with E-state index in [-0.39, 0.29) is 12.5 Å². The third-order valence-electron chi connectivity index (χ3n) is 3.30. The van der Waals surface area contributed by atoms with Crippen LogP contribution in [0, 0.1) is 5.92 Å². The Balaban J connectivity index is 2.24. The van der Waals surface area contributed by atoms with Crippen molar-refractivity contribution in [1.82, 2.24) is 0 Å². The highest BCUT2D eigenvalue weighted by Crippen LogP contribution is 2.14. The van der Waals surface area contributed by atoms with E-state index in [2.05, 4.69) is 19.2 Å². The van der Waals surface area contributed by atoms with E-state index in [1.165, 1.54) is 12.8 Å². The average Bonchev–Trinajstić information content (AvgIpc) is 2.47. The summed E-state index contributed by atoms with van der Waals surface area (Å²) in [6.07, 6.45) is 4.56. The number of carbonyl (C=O) groups excluding carboxylic acids is 1. The molecular formula is C16H24ClNO2. The van der Waals surface area contributed by atoms with Gasteiger partial charge in [0, 0.05) is 10.7 Å². The summed E-state index contributed by atoms with van der Waals surface area (Å²) in [6.45, 7) is 5.03. The highest BCUT2D eigenvalue weighted by Gasteiger charge is 2.09. The first-order valence-electron chi connectivity index (χ1n) is 7.30. The summed E-state index contributed by atoms with van der Waals surface area (Å²) < 4.78 is 5.31. The quantitative estimate of drug-likeness (QED) is 0.681. The van der Waals surface area contributed by atoms with E-state index >= 15 is 0 Å². The molecule has 1 aromatic carbocycles. The van der Waals surface area contributed by atoms with Crippen LogP contribution >= 0.6 is 11.6 Å². The second kappa shape index (κ2) is 9.65. The highest BCUT2D eigenvalue weighted by atomic mass is 35.5. The molecule has 0 amide bonds. The van der Waals surface area contributed by atoms with Gasteiger partial charge < -0.3 is 10.1 Å². The van der Waals surface area contributed by atoms with Gasteiger partial charge in [0.2, 0.25) is 0 Å². The standard InChI is InChI=1S/C16H24ClNO2/c1-3-5-6-13(4-2)12-20-16(19)11-18-15-9-7-14(17)8-10-15/h7-10,13,18H,3-6,11-12H2,1-2H3. The van der Waals surface area contributed by atoms with Crippen LogP contribution < -0.4 is 5.32 Å². The topological polar surface area (TPSA) is 38.3 Å². The van der Waals surface area contributed by atoms with Gasteiger partial charge in [-0.15, -0.1) is 0 Å². The minimum absolute atomic E-state index is 0.186. The first-order valence-corrected chi connectivity index (χ1v) is 7.68. The van der Waals surface area contributed by atoms with Gasteiger partial charge in [-0.3, -0.25) is 4.79 Å². The molecule has 1 rings (SSSR count). The third kappa shape index (κ3) is 6.80. The number of unbranched alkanes of at least 4 members (excludes halogenated alkanes) is 1. The zero-order valence-electron chi connectivity index (χ0n) is 12.3. The van der Waals surface area contributed by atoms with Crippen LogP contribution in [0.3, 0.4) is 0 Å². The molecule has 1 aromatic rings. The van der Waals surface area contributed by atoms with Crippen molar-refractivity contribution in [2.45, 2.75) is 39.5 Å². The predicted molar refractivity (Wildman–Crippen MR) is 84.2 cm³/mol. The molecular weight excluding hydrogens is 274 g/mol. The van der Waals surface area contributed by atoms with Gasteiger partial charge in [0.15, 0.2) is 0 Å². The summed E-state index contributed by atoms with van der Waals surface area (Å²) in [5.41, 5.74) is 0.865. The zero-order chi connectivity index (χ0) is 14.8. The Morgan fingerprint density at radius 1 is 1.30 bits per heavy atom. The summed E-state index contributed by atoms with van der Waals surface area (Å²) in [5.74, 6) is 0.268. The normalized spacial score (nSPS) is 11.9. The Bertz CT molecular complexity index is 392. The summed E-state index contributed by atoms with van der Waals surface area (Å²) in [4.78, 5) is 11.7. The number of carbonyl (C=O) groups is 1. The lowest BCUT2D eigenvalue weighted by Gasteiger charge is -2.15. The fourth-order valence-corrected chi connectivity index (χ4v) is 2.03. The molecule has 112 valence electrons. The van der Waals surface area contributed by atoms with Crippen molar-refractivity contribution in [3.63, 3.8) is 0 Å². The summed E-state index contributed by atoms with van der Waals surface area (Å²) in [5, 5.41) is 3.70. The van der Waals surface area contributed by atoms with Crippen LogP contribution in [0.25, 0.3) is 0 Å². The van der Waals surface area contributed by atoms with E-state index in [1.54, 1.807) is 12.1 Å². The monoisotopic (exact) mass is 297 g/mol. The SMILES string of the molecule is CCCCC(CC)COC(=O)CNc1ccc(Cl)cc1. The average molecular weight is 298 g/mol. The van der Waals surface area contributed by atoms with Crippen molar-refractivity contribution < 1.29 is 9.53 Å². The number of rotatable bonds is 9. The fourth-order valence-electron chi connectivity index (χ4n) is 1.90. The van der Waals surface area contributed by atoms with Gasteiger partial charge in [0.05, 0.1) is 6.61 Å². The molecule has 0 aliphatic carbocycles. The van der Waals surface area contributed by atoms with Crippen molar-refractivity contribution in [3.8, 4) is 0 Å². The van der Waals surface area contributed by atoms with Crippen LogP contribution in [-0.4, -0.2) is 19.1 Å². The number of anilines is 1. The second-order valence-electron chi connectivity index (χ2n) is 4.96. The van der Waals surface area contributed by atoms with Crippen LogP contribution in [0.4, 0.5) is 5.69 Å². The molecule has 4 heteroatoms. The molecule has 0 aliphatic rings. The molecule has 0 aliphatic heterocycles. The van der Waals surface area contributed by atoms with E-state index in [0.29, 0.717) is 17.5 Å². The highest BCUT2D eigenvalue weighted by molar-refractivity contribution is 6.30. The maximum Gasteiger partial charge on any atom is 0.325 e. The van der Waals surface area contributed by atoms with Crippen LogP contribution in [0.5, 0.6) is 0 Å². The van der Waals surface area contributed by atoms with E-state index < -0.39 is 0 Å². The molecule has 0 aromatic heterocycles. The Morgan fingerprint density at radius 2 is 2.00 bits per heavy atom. The molecule has 1 N–H and O–H groups in total. The Labute approximate surface area is 126 Å². The number of benzene rings is 1.